The lowest BCUT2D eigenvalue weighted by Gasteiger charge is -2.16. The molecule has 0 unspecified atom stereocenters. The van der Waals surface area contributed by atoms with Gasteiger partial charge in [-0.3, -0.25) is 14.5 Å². The van der Waals surface area contributed by atoms with Crippen molar-refractivity contribution < 1.29 is 31.1 Å². The van der Waals surface area contributed by atoms with E-state index < -0.39 is 37.5 Å². The highest BCUT2D eigenvalue weighted by Gasteiger charge is 2.35. The van der Waals surface area contributed by atoms with Crippen molar-refractivity contribution in [2.75, 3.05) is 4.72 Å². The molecular formula is C24H20ClF3N4O4S. The van der Waals surface area contributed by atoms with Gasteiger partial charge in [0.2, 0.25) is 5.78 Å². The number of hydrogen-bond acceptors (Lipinski definition) is 6. The summed E-state index contributed by atoms with van der Waals surface area (Å²) in [7, 11) is -4.58. The Hall–Kier alpha value is -3.64. The monoisotopic (exact) mass is 552 g/mol. The molecule has 3 heterocycles. The molecule has 4 aromatic rings. The number of ether oxygens (including phenoxy) is 1. The van der Waals surface area contributed by atoms with Crippen molar-refractivity contribution in [1.82, 2.24) is 15.0 Å². The first-order valence-corrected chi connectivity index (χ1v) is 12.7. The number of halogens is 4. The van der Waals surface area contributed by atoms with Gasteiger partial charge in [0.05, 0.1) is 39.0 Å². The number of hydrogen-bond donors (Lipinski definition) is 2. The zero-order valence-electron chi connectivity index (χ0n) is 19.6. The Morgan fingerprint density at radius 2 is 1.86 bits per heavy atom. The van der Waals surface area contributed by atoms with Crippen molar-refractivity contribution in [1.29, 1.82) is 0 Å². The summed E-state index contributed by atoms with van der Waals surface area (Å²) in [6.07, 6.45) is -0.853. The molecule has 0 bridgehead atoms. The first kappa shape index (κ1) is 26.4. The Bertz CT molecular complexity index is 1620. The number of alkyl halides is 3. The van der Waals surface area contributed by atoms with Crippen molar-refractivity contribution >= 4 is 44.1 Å². The van der Waals surface area contributed by atoms with E-state index in [1.54, 1.807) is 33.0 Å². The van der Waals surface area contributed by atoms with Crippen molar-refractivity contribution in [2.45, 2.75) is 37.9 Å². The molecule has 13 heteroatoms. The Morgan fingerprint density at radius 3 is 2.54 bits per heavy atom. The van der Waals surface area contributed by atoms with Gasteiger partial charge < -0.3 is 9.72 Å². The minimum atomic E-state index is -4.87. The number of ketones is 1. The summed E-state index contributed by atoms with van der Waals surface area (Å²) < 4.78 is 74.1. The van der Waals surface area contributed by atoms with Crippen LogP contribution < -0.4 is 9.46 Å². The van der Waals surface area contributed by atoms with Gasteiger partial charge in [0.1, 0.15) is 17.1 Å². The average Bonchev–Trinajstić information content (AvgIpc) is 3.26. The van der Waals surface area contributed by atoms with Gasteiger partial charge in [0, 0.05) is 17.8 Å². The van der Waals surface area contributed by atoms with Gasteiger partial charge in [-0.05, 0) is 56.7 Å². The van der Waals surface area contributed by atoms with Crippen molar-refractivity contribution in [3.63, 3.8) is 0 Å². The first-order valence-electron chi connectivity index (χ1n) is 10.8. The summed E-state index contributed by atoms with van der Waals surface area (Å²) in [6, 6.07) is 5.18. The molecule has 194 valence electrons. The van der Waals surface area contributed by atoms with E-state index >= 15 is 0 Å². The van der Waals surface area contributed by atoms with Crippen LogP contribution in [0.25, 0.3) is 11.0 Å². The van der Waals surface area contributed by atoms with E-state index in [-0.39, 0.29) is 28.8 Å². The number of carbonyl (C=O) groups is 1. The van der Waals surface area contributed by atoms with Crippen LogP contribution in [0.2, 0.25) is 5.02 Å². The number of nitrogens with zero attached hydrogens (tertiary/aromatic N) is 2. The largest absolute Gasteiger partial charge is 0.489 e. The van der Waals surface area contributed by atoms with Gasteiger partial charge >= 0.3 is 6.18 Å². The standard InChI is InChI=1S/C24H20ClF3N4O4S/c1-12(2)36-19-11-31-23-15(6-7-29-23)20(19)22(33)21-18(8-13(3)10-30-21)32-37(34,35)14-4-5-17(25)16(9-14)24(26,27)28/h4-12,32H,1-3H3,(H,29,31). The minimum Gasteiger partial charge on any atom is -0.489 e. The molecule has 0 fully saturated rings. The van der Waals surface area contributed by atoms with Crippen LogP contribution in [0.4, 0.5) is 18.9 Å². The molecule has 4 rings (SSSR count). The first-order chi connectivity index (χ1) is 17.3. The molecule has 0 aliphatic heterocycles. The fourth-order valence-corrected chi connectivity index (χ4v) is 4.91. The van der Waals surface area contributed by atoms with Crippen molar-refractivity contribution in [3.05, 3.63) is 76.3 Å². The second-order valence-corrected chi connectivity index (χ2v) is 10.5. The quantitative estimate of drug-likeness (QED) is 0.282. The molecule has 1 aromatic carbocycles. The lowest BCUT2D eigenvalue weighted by atomic mass is 10.0. The van der Waals surface area contributed by atoms with Crippen LogP contribution in [0.3, 0.4) is 0 Å². The molecule has 8 nitrogen and oxygen atoms in total. The topological polar surface area (TPSA) is 114 Å². The summed E-state index contributed by atoms with van der Waals surface area (Å²) >= 11 is 5.63. The van der Waals surface area contributed by atoms with E-state index in [1.165, 1.54) is 18.5 Å². The maximum Gasteiger partial charge on any atom is 0.417 e. The number of aromatic nitrogens is 3. The second kappa shape index (κ2) is 9.67. The Kier molecular flexibility index (Phi) is 6.91. The highest BCUT2D eigenvalue weighted by atomic mass is 35.5. The smallest absolute Gasteiger partial charge is 0.417 e. The molecule has 3 aromatic heterocycles. The number of fused-ring (bicyclic) bond motifs is 1. The third-order valence-corrected chi connectivity index (χ3v) is 6.87. The summed E-state index contributed by atoms with van der Waals surface area (Å²) in [5.74, 6) is -0.511. The van der Waals surface area contributed by atoms with Gasteiger partial charge in [-0.1, -0.05) is 11.6 Å². The summed E-state index contributed by atoms with van der Waals surface area (Å²) in [5, 5.41) is -0.225. The zero-order chi connectivity index (χ0) is 27.1. The molecular weight excluding hydrogens is 533 g/mol. The van der Waals surface area contributed by atoms with Crippen LogP contribution in [0, 0.1) is 6.92 Å². The Balaban J connectivity index is 1.82. The maximum atomic E-state index is 13.8. The number of carbonyl (C=O) groups excluding carboxylic acids is 1. The van der Waals surface area contributed by atoms with Crippen LogP contribution in [0.5, 0.6) is 5.75 Å². The summed E-state index contributed by atoms with van der Waals surface area (Å²) in [4.78, 5) is 24.4. The van der Waals surface area contributed by atoms with E-state index in [2.05, 4.69) is 19.7 Å². The fourth-order valence-electron chi connectivity index (χ4n) is 3.61. The number of pyridine rings is 2. The van der Waals surface area contributed by atoms with Gasteiger partial charge in [-0.25, -0.2) is 13.4 Å². The molecule has 0 radical (unpaired) electrons. The molecule has 0 saturated carbocycles. The number of aryl methyl sites for hydroxylation is 1. The number of rotatable bonds is 7. The zero-order valence-corrected chi connectivity index (χ0v) is 21.2. The molecule has 0 atom stereocenters. The number of anilines is 1. The van der Waals surface area contributed by atoms with Crippen molar-refractivity contribution in [2.24, 2.45) is 0 Å². The summed E-state index contributed by atoms with van der Waals surface area (Å²) in [5.41, 5.74) is -0.803. The van der Waals surface area contributed by atoms with E-state index in [4.69, 9.17) is 16.3 Å². The maximum absolute atomic E-state index is 13.8. The molecule has 37 heavy (non-hydrogen) atoms. The molecule has 0 saturated heterocycles. The SMILES string of the molecule is Cc1cnc(C(=O)c2c(OC(C)C)cnc3[nH]ccc23)c(NS(=O)(=O)c2ccc(Cl)c(C(F)(F)F)c2)c1. The molecule has 0 spiro atoms. The lowest BCUT2D eigenvalue weighted by molar-refractivity contribution is -0.137. The van der Waals surface area contributed by atoms with Crippen molar-refractivity contribution in [3.8, 4) is 5.75 Å². The molecule has 0 amide bonds. The van der Waals surface area contributed by atoms with Gasteiger partial charge in [0.15, 0.2) is 0 Å². The van der Waals surface area contributed by atoms with Gasteiger partial charge in [-0.2, -0.15) is 13.2 Å². The lowest BCUT2D eigenvalue weighted by Crippen LogP contribution is -2.19. The molecule has 2 N–H and O–H groups in total. The van der Waals surface area contributed by atoms with Crippen LogP contribution in [-0.2, 0) is 16.2 Å². The third-order valence-electron chi connectivity index (χ3n) is 5.18. The summed E-state index contributed by atoms with van der Waals surface area (Å²) in [6.45, 7) is 5.15. The third kappa shape index (κ3) is 5.39. The second-order valence-electron chi connectivity index (χ2n) is 8.39. The average molecular weight is 553 g/mol. The van der Waals surface area contributed by atoms with Gasteiger partial charge in [0.25, 0.3) is 10.0 Å². The van der Waals surface area contributed by atoms with E-state index in [0.29, 0.717) is 22.7 Å². The minimum absolute atomic E-state index is 0.0996. The van der Waals surface area contributed by atoms with E-state index in [1.807, 2.05) is 0 Å². The predicted molar refractivity (Wildman–Crippen MR) is 132 cm³/mol. The Morgan fingerprint density at radius 1 is 1.14 bits per heavy atom. The van der Waals surface area contributed by atoms with Gasteiger partial charge in [-0.15, -0.1) is 0 Å². The van der Waals surface area contributed by atoms with E-state index in [9.17, 15) is 26.4 Å². The highest BCUT2D eigenvalue weighted by molar-refractivity contribution is 7.92. The van der Waals surface area contributed by atoms with E-state index in [0.717, 1.165) is 12.1 Å². The van der Waals surface area contributed by atoms with Crippen LogP contribution in [0.15, 0.2) is 53.8 Å². The Labute approximate surface area is 214 Å². The fraction of sp³-hybridized carbons (Fsp3) is 0.208. The number of benzene rings is 1. The number of nitrogens with one attached hydrogen (secondary N) is 2. The highest BCUT2D eigenvalue weighted by Crippen LogP contribution is 2.37. The van der Waals surface area contributed by atoms with Crippen LogP contribution in [-0.4, -0.2) is 35.3 Å². The molecule has 0 aliphatic carbocycles. The number of sulfonamides is 1. The predicted octanol–water partition coefficient (Wildman–Crippen LogP) is 5.76. The van der Waals surface area contributed by atoms with Crippen LogP contribution >= 0.6 is 11.6 Å². The van der Waals surface area contributed by atoms with Crippen LogP contribution in [0.1, 0.15) is 41.0 Å². The molecule has 0 aliphatic rings. The number of H-pyrrole nitrogens is 1. The normalized spacial score (nSPS) is 12.2. The number of aromatic amines is 1.